The molecule has 1 aromatic carbocycles. The zero-order chi connectivity index (χ0) is 17.6. The summed E-state index contributed by atoms with van der Waals surface area (Å²) in [7, 11) is 0. The highest BCUT2D eigenvalue weighted by molar-refractivity contribution is 5.74. The molecular formula is C17H21FN4O3. The number of aromatic nitrogens is 2. The van der Waals surface area contributed by atoms with Crippen LogP contribution in [0.2, 0.25) is 0 Å². The number of benzene rings is 1. The zero-order valence-corrected chi connectivity index (χ0v) is 14.1. The number of rotatable bonds is 5. The number of halogens is 1. The average Bonchev–Trinajstić information content (AvgIpc) is 3.05. The van der Waals surface area contributed by atoms with Crippen LogP contribution in [0, 0.1) is 12.7 Å². The van der Waals surface area contributed by atoms with Crippen LogP contribution in [0.5, 0.6) is 0 Å². The number of ether oxygens (including phenoxy) is 1. The van der Waals surface area contributed by atoms with Gasteiger partial charge in [0, 0.05) is 19.6 Å². The number of carbonyl (C=O) groups is 1. The molecule has 0 unspecified atom stereocenters. The van der Waals surface area contributed by atoms with Gasteiger partial charge in [-0.15, -0.1) is 0 Å². The summed E-state index contributed by atoms with van der Waals surface area (Å²) in [5, 5.41) is 6.57. The molecule has 134 valence electrons. The fraction of sp³-hybridized carbons (Fsp3) is 0.471. The van der Waals surface area contributed by atoms with Gasteiger partial charge in [0.25, 0.3) is 5.89 Å². The number of urea groups is 1. The number of hydrogen-bond acceptors (Lipinski definition) is 5. The SMILES string of the molecule is Cc1noc(CO[C@@H]2CCCN(C(=O)NCc3ccc(F)cc3)C2)n1. The quantitative estimate of drug-likeness (QED) is 0.897. The van der Waals surface area contributed by atoms with Gasteiger partial charge in [0.1, 0.15) is 12.4 Å². The molecule has 0 saturated carbocycles. The van der Waals surface area contributed by atoms with E-state index in [0.717, 1.165) is 18.4 Å². The van der Waals surface area contributed by atoms with Crippen molar-refractivity contribution in [3.05, 3.63) is 47.4 Å². The molecule has 0 aliphatic carbocycles. The van der Waals surface area contributed by atoms with E-state index in [1.165, 1.54) is 12.1 Å². The molecule has 1 aromatic heterocycles. The second-order valence-electron chi connectivity index (χ2n) is 6.04. The maximum atomic E-state index is 12.9. The van der Waals surface area contributed by atoms with E-state index in [1.54, 1.807) is 24.0 Å². The van der Waals surface area contributed by atoms with Crippen molar-refractivity contribution >= 4 is 6.03 Å². The Bertz CT molecular complexity index is 704. The third-order valence-electron chi connectivity index (χ3n) is 4.03. The third-order valence-corrected chi connectivity index (χ3v) is 4.03. The summed E-state index contributed by atoms with van der Waals surface area (Å²) in [6.07, 6.45) is 1.70. The molecule has 25 heavy (non-hydrogen) atoms. The maximum Gasteiger partial charge on any atom is 0.317 e. The Morgan fingerprint density at radius 3 is 2.96 bits per heavy atom. The Morgan fingerprint density at radius 1 is 1.44 bits per heavy atom. The van der Waals surface area contributed by atoms with Gasteiger partial charge in [0.05, 0.1) is 6.10 Å². The van der Waals surface area contributed by atoms with Crippen molar-refractivity contribution in [2.45, 2.75) is 39.0 Å². The molecule has 0 bridgehead atoms. The smallest absolute Gasteiger partial charge is 0.317 e. The Hall–Kier alpha value is -2.48. The third kappa shape index (κ3) is 4.99. The normalized spacial score (nSPS) is 17.5. The summed E-state index contributed by atoms with van der Waals surface area (Å²) in [5.74, 6) is 0.724. The minimum Gasteiger partial charge on any atom is -0.367 e. The molecule has 2 heterocycles. The summed E-state index contributed by atoms with van der Waals surface area (Å²) in [6, 6.07) is 5.93. The lowest BCUT2D eigenvalue weighted by Crippen LogP contribution is -2.47. The van der Waals surface area contributed by atoms with Crippen molar-refractivity contribution in [1.82, 2.24) is 20.4 Å². The molecule has 1 N–H and O–H groups in total. The van der Waals surface area contributed by atoms with E-state index in [-0.39, 0.29) is 24.6 Å². The number of nitrogens with one attached hydrogen (secondary N) is 1. The first-order valence-corrected chi connectivity index (χ1v) is 8.28. The molecular weight excluding hydrogens is 327 g/mol. The molecule has 8 heteroatoms. The van der Waals surface area contributed by atoms with Crippen LogP contribution in [-0.2, 0) is 17.9 Å². The summed E-state index contributed by atoms with van der Waals surface area (Å²) >= 11 is 0. The Labute approximate surface area is 145 Å². The first kappa shape index (κ1) is 17.3. The molecule has 3 rings (SSSR count). The van der Waals surface area contributed by atoms with Crippen molar-refractivity contribution < 1.29 is 18.4 Å². The van der Waals surface area contributed by atoms with Crippen molar-refractivity contribution in [3.8, 4) is 0 Å². The largest absolute Gasteiger partial charge is 0.367 e. The molecule has 2 aromatic rings. The minimum absolute atomic E-state index is 0.0578. The number of hydrogen-bond donors (Lipinski definition) is 1. The van der Waals surface area contributed by atoms with Gasteiger partial charge in [-0.2, -0.15) is 4.98 Å². The van der Waals surface area contributed by atoms with Crippen LogP contribution < -0.4 is 5.32 Å². The van der Waals surface area contributed by atoms with Gasteiger partial charge in [-0.05, 0) is 37.5 Å². The van der Waals surface area contributed by atoms with E-state index in [2.05, 4.69) is 15.5 Å². The first-order chi connectivity index (χ1) is 12.1. The Morgan fingerprint density at radius 2 is 2.24 bits per heavy atom. The number of carbonyl (C=O) groups excluding carboxylic acids is 1. The molecule has 1 saturated heterocycles. The van der Waals surface area contributed by atoms with Crippen molar-refractivity contribution in [2.75, 3.05) is 13.1 Å². The van der Waals surface area contributed by atoms with Crippen molar-refractivity contribution in [2.24, 2.45) is 0 Å². The fourth-order valence-corrected chi connectivity index (χ4v) is 2.74. The highest BCUT2D eigenvalue weighted by Gasteiger charge is 2.24. The van der Waals surface area contributed by atoms with Crippen LogP contribution in [-0.4, -0.2) is 40.3 Å². The fourth-order valence-electron chi connectivity index (χ4n) is 2.74. The second kappa shape index (κ2) is 8.06. The number of nitrogens with zero attached hydrogens (tertiary/aromatic N) is 3. The van der Waals surface area contributed by atoms with E-state index in [1.807, 2.05) is 0 Å². The molecule has 1 atom stereocenters. The first-order valence-electron chi connectivity index (χ1n) is 8.28. The predicted molar refractivity (Wildman–Crippen MR) is 87.1 cm³/mol. The van der Waals surface area contributed by atoms with Gasteiger partial charge in [-0.1, -0.05) is 17.3 Å². The Kier molecular flexibility index (Phi) is 5.60. The van der Waals surface area contributed by atoms with Crippen LogP contribution in [0.4, 0.5) is 9.18 Å². The van der Waals surface area contributed by atoms with Crippen LogP contribution in [0.25, 0.3) is 0 Å². The number of likely N-dealkylation sites (tertiary alicyclic amines) is 1. The molecule has 0 radical (unpaired) electrons. The molecule has 7 nitrogen and oxygen atoms in total. The summed E-state index contributed by atoms with van der Waals surface area (Å²) in [6.45, 7) is 3.57. The highest BCUT2D eigenvalue weighted by atomic mass is 19.1. The minimum atomic E-state index is -0.289. The van der Waals surface area contributed by atoms with E-state index in [9.17, 15) is 9.18 Å². The summed E-state index contributed by atoms with van der Waals surface area (Å²) in [4.78, 5) is 18.1. The topological polar surface area (TPSA) is 80.5 Å². The van der Waals surface area contributed by atoms with Crippen LogP contribution in [0.3, 0.4) is 0 Å². The maximum absolute atomic E-state index is 12.9. The van der Waals surface area contributed by atoms with Gasteiger partial charge in [-0.3, -0.25) is 0 Å². The van der Waals surface area contributed by atoms with Gasteiger partial charge in [-0.25, -0.2) is 9.18 Å². The monoisotopic (exact) mass is 348 g/mol. The predicted octanol–water partition coefficient (Wildman–Crippen LogP) is 2.41. The zero-order valence-electron chi connectivity index (χ0n) is 14.1. The van der Waals surface area contributed by atoms with Gasteiger partial charge >= 0.3 is 6.03 Å². The van der Waals surface area contributed by atoms with E-state index in [0.29, 0.717) is 31.3 Å². The Balaban J connectivity index is 1.45. The van der Waals surface area contributed by atoms with E-state index in [4.69, 9.17) is 9.26 Å². The van der Waals surface area contributed by atoms with Crippen LogP contribution in [0.15, 0.2) is 28.8 Å². The molecule has 2 amide bonds. The molecule has 1 fully saturated rings. The number of aryl methyl sites for hydroxylation is 1. The van der Waals surface area contributed by atoms with E-state index < -0.39 is 0 Å². The lowest BCUT2D eigenvalue weighted by Gasteiger charge is -2.32. The highest BCUT2D eigenvalue weighted by Crippen LogP contribution is 2.15. The standard InChI is InChI=1S/C17H21FN4O3/c1-12-20-16(25-21-12)11-24-15-3-2-8-22(10-15)17(23)19-9-13-4-6-14(18)7-5-13/h4-7,15H,2-3,8-11H2,1H3,(H,19,23)/t15-/m1/s1. The van der Waals surface area contributed by atoms with Gasteiger partial charge < -0.3 is 19.5 Å². The molecule has 1 aliphatic rings. The van der Waals surface area contributed by atoms with Gasteiger partial charge in [0.15, 0.2) is 5.82 Å². The van der Waals surface area contributed by atoms with Crippen LogP contribution >= 0.6 is 0 Å². The van der Waals surface area contributed by atoms with E-state index >= 15 is 0 Å². The summed E-state index contributed by atoms with van der Waals surface area (Å²) in [5.41, 5.74) is 0.853. The number of piperidine rings is 1. The molecule has 1 aliphatic heterocycles. The average molecular weight is 348 g/mol. The molecule has 0 spiro atoms. The van der Waals surface area contributed by atoms with Crippen molar-refractivity contribution in [3.63, 3.8) is 0 Å². The van der Waals surface area contributed by atoms with Gasteiger partial charge in [0.2, 0.25) is 0 Å². The van der Waals surface area contributed by atoms with Crippen LogP contribution in [0.1, 0.15) is 30.1 Å². The second-order valence-corrected chi connectivity index (χ2v) is 6.04. The lowest BCUT2D eigenvalue weighted by atomic mass is 10.1. The number of amides is 2. The summed E-state index contributed by atoms with van der Waals surface area (Å²) < 4.78 is 23.7. The lowest BCUT2D eigenvalue weighted by molar-refractivity contribution is -0.0103. The van der Waals surface area contributed by atoms with Crippen molar-refractivity contribution in [1.29, 1.82) is 0 Å².